The van der Waals surface area contributed by atoms with Gasteiger partial charge in [-0.1, -0.05) is 37.1 Å². The molecule has 4 nitrogen and oxygen atoms in total. The Balaban J connectivity index is 1.89. The fourth-order valence-corrected chi connectivity index (χ4v) is 3.60. The average molecular weight is 275 g/mol. The topological polar surface area (TPSA) is 60.8 Å². The van der Waals surface area contributed by atoms with E-state index in [0.717, 1.165) is 31.2 Å². The Morgan fingerprint density at radius 3 is 2.55 bits per heavy atom. The number of aliphatic hydroxyl groups excluding tert-OH is 1. The highest BCUT2D eigenvalue weighted by molar-refractivity contribution is 5.74. The molecule has 0 bridgehead atoms. The van der Waals surface area contributed by atoms with Gasteiger partial charge < -0.3 is 10.2 Å². The first-order valence-corrected chi connectivity index (χ1v) is 7.40. The Morgan fingerprint density at radius 1 is 1.15 bits per heavy atom. The van der Waals surface area contributed by atoms with Gasteiger partial charge in [-0.2, -0.15) is 0 Å². The van der Waals surface area contributed by atoms with Gasteiger partial charge in [-0.05, 0) is 30.4 Å². The second-order valence-corrected chi connectivity index (χ2v) is 5.92. The Hall–Kier alpha value is -1.39. The van der Waals surface area contributed by atoms with Crippen LogP contribution in [0.25, 0.3) is 0 Å². The lowest BCUT2D eigenvalue weighted by Gasteiger charge is -2.43. The van der Waals surface area contributed by atoms with Crippen molar-refractivity contribution >= 4 is 5.97 Å². The first-order valence-electron chi connectivity index (χ1n) is 7.40. The van der Waals surface area contributed by atoms with E-state index in [4.69, 9.17) is 0 Å². The summed E-state index contributed by atoms with van der Waals surface area (Å²) in [5.74, 6) is -0.780. The van der Waals surface area contributed by atoms with Gasteiger partial charge in [-0.25, -0.2) is 0 Å². The van der Waals surface area contributed by atoms with Crippen LogP contribution in [-0.2, 0) is 17.8 Å². The zero-order valence-electron chi connectivity index (χ0n) is 11.5. The van der Waals surface area contributed by atoms with Crippen molar-refractivity contribution in [2.75, 3.05) is 0 Å². The number of carboxylic acid groups (broad SMARTS) is 1. The number of aliphatic carboxylic acids is 1. The number of carboxylic acids is 1. The molecule has 1 aromatic carbocycles. The highest BCUT2D eigenvalue weighted by Gasteiger charge is 2.39. The summed E-state index contributed by atoms with van der Waals surface area (Å²) >= 11 is 0. The molecule has 3 rings (SSSR count). The van der Waals surface area contributed by atoms with Crippen LogP contribution < -0.4 is 0 Å². The molecule has 2 N–H and O–H groups in total. The monoisotopic (exact) mass is 275 g/mol. The molecule has 1 aliphatic carbocycles. The van der Waals surface area contributed by atoms with E-state index in [2.05, 4.69) is 6.07 Å². The van der Waals surface area contributed by atoms with Crippen molar-refractivity contribution in [2.45, 2.75) is 56.8 Å². The van der Waals surface area contributed by atoms with Crippen LogP contribution in [0.3, 0.4) is 0 Å². The summed E-state index contributed by atoms with van der Waals surface area (Å²) in [6.07, 6.45) is 3.94. The molecule has 0 spiro atoms. The van der Waals surface area contributed by atoms with E-state index in [0.29, 0.717) is 13.0 Å². The fraction of sp³-hybridized carbons (Fsp3) is 0.562. The number of aliphatic hydroxyl groups is 1. The fourth-order valence-electron chi connectivity index (χ4n) is 3.60. The van der Waals surface area contributed by atoms with Crippen molar-refractivity contribution in [3.8, 4) is 0 Å². The van der Waals surface area contributed by atoms with Crippen molar-refractivity contribution in [3.05, 3.63) is 35.4 Å². The Bertz CT molecular complexity index is 502. The molecular formula is C16H21NO3. The number of hydrogen-bond acceptors (Lipinski definition) is 3. The highest BCUT2D eigenvalue weighted by atomic mass is 16.4. The zero-order valence-corrected chi connectivity index (χ0v) is 11.5. The third-order valence-electron chi connectivity index (χ3n) is 4.69. The maximum atomic E-state index is 11.6. The van der Waals surface area contributed by atoms with Crippen LogP contribution in [0, 0.1) is 0 Å². The zero-order chi connectivity index (χ0) is 14.1. The number of nitrogens with zero attached hydrogens (tertiary/aromatic N) is 1. The molecule has 4 heteroatoms. The van der Waals surface area contributed by atoms with E-state index in [1.165, 1.54) is 5.56 Å². The number of carbonyl (C=O) groups is 1. The van der Waals surface area contributed by atoms with Crippen LogP contribution in [-0.4, -0.2) is 39.3 Å². The number of fused-ring (bicyclic) bond motifs is 1. The van der Waals surface area contributed by atoms with Crippen molar-refractivity contribution in [2.24, 2.45) is 0 Å². The van der Waals surface area contributed by atoms with Crippen LogP contribution in [0.1, 0.15) is 36.8 Å². The maximum Gasteiger partial charge on any atom is 0.321 e. The molecule has 2 unspecified atom stereocenters. The normalized spacial score (nSPS) is 30.8. The molecule has 1 heterocycles. The summed E-state index contributed by atoms with van der Waals surface area (Å²) in [6, 6.07) is 7.51. The lowest BCUT2D eigenvalue weighted by molar-refractivity contribution is -0.147. The standard InChI is InChI=1S/C16H21NO3/c18-15-8-4-3-7-13(15)17-10-12-6-2-1-5-11(12)9-14(17)16(19)20/h1-2,5-6,13-15,18H,3-4,7-10H2,(H,19,20)/t13?,14-,15?/m0/s1. The van der Waals surface area contributed by atoms with Gasteiger partial charge in [0.2, 0.25) is 0 Å². The highest BCUT2D eigenvalue weighted by Crippen LogP contribution is 2.31. The molecule has 0 aromatic heterocycles. The molecule has 1 saturated carbocycles. The Labute approximate surface area is 119 Å². The van der Waals surface area contributed by atoms with Gasteiger partial charge in [0.15, 0.2) is 0 Å². The molecule has 1 aromatic rings. The summed E-state index contributed by atoms with van der Waals surface area (Å²) in [4.78, 5) is 13.6. The maximum absolute atomic E-state index is 11.6. The van der Waals surface area contributed by atoms with E-state index in [1.807, 2.05) is 23.1 Å². The smallest absolute Gasteiger partial charge is 0.321 e. The van der Waals surface area contributed by atoms with Gasteiger partial charge in [0, 0.05) is 12.6 Å². The van der Waals surface area contributed by atoms with Crippen LogP contribution in [0.4, 0.5) is 0 Å². The predicted molar refractivity (Wildman–Crippen MR) is 75.4 cm³/mol. The Kier molecular flexibility index (Phi) is 3.76. The molecule has 2 aliphatic rings. The molecule has 20 heavy (non-hydrogen) atoms. The molecule has 0 amide bonds. The van der Waals surface area contributed by atoms with Crippen LogP contribution in [0.2, 0.25) is 0 Å². The minimum atomic E-state index is -0.780. The number of hydrogen-bond donors (Lipinski definition) is 2. The van der Waals surface area contributed by atoms with E-state index in [-0.39, 0.29) is 6.04 Å². The largest absolute Gasteiger partial charge is 0.480 e. The molecule has 0 saturated heterocycles. The molecular weight excluding hydrogens is 254 g/mol. The van der Waals surface area contributed by atoms with Crippen LogP contribution in [0.5, 0.6) is 0 Å². The third kappa shape index (κ3) is 2.45. The van der Waals surface area contributed by atoms with E-state index >= 15 is 0 Å². The van der Waals surface area contributed by atoms with Crippen molar-refractivity contribution in [1.82, 2.24) is 4.90 Å². The first-order chi connectivity index (χ1) is 9.66. The Morgan fingerprint density at radius 2 is 1.85 bits per heavy atom. The number of benzene rings is 1. The quantitative estimate of drug-likeness (QED) is 0.864. The molecule has 1 aliphatic heterocycles. The molecule has 0 radical (unpaired) electrons. The van der Waals surface area contributed by atoms with E-state index in [9.17, 15) is 15.0 Å². The molecule has 108 valence electrons. The lowest BCUT2D eigenvalue weighted by atomic mass is 9.86. The minimum Gasteiger partial charge on any atom is -0.480 e. The third-order valence-corrected chi connectivity index (χ3v) is 4.69. The molecule has 3 atom stereocenters. The second-order valence-electron chi connectivity index (χ2n) is 5.92. The van der Waals surface area contributed by atoms with Crippen molar-refractivity contribution in [1.29, 1.82) is 0 Å². The van der Waals surface area contributed by atoms with Gasteiger partial charge in [0.25, 0.3) is 0 Å². The van der Waals surface area contributed by atoms with Crippen LogP contribution >= 0.6 is 0 Å². The summed E-state index contributed by atoms with van der Waals surface area (Å²) in [6.45, 7) is 0.634. The van der Waals surface area contributed by atoms with Crippen molar-refractivity contribution in [3.63, 3.8) is 0 Å². The predicted octanol–water partition coefficient (Wildman–Crippen LogP) is 1.80. The van der Waals surface area contributed by atoms with Gasteiger partial charge in [0.05, 0.1) is 6.10 Å². The molecule has 1 fully saturated rings. The van der Waals surface area contributed by atoms with Gasteiger partial charge in [0.1, 0.15) is 6.04 Å². The first kappa shape index (κ1) is 13.6. The van der Waals surface area contributed by atoms with Gasteiger partial charge in [-0.3, -0.25) is 9.69 Å². The van der Waals surface area contributed by atoms with Gasteiger partial charge in [-0.15, -0.1) is 0 Å². The lowest BCUT2D eigenvalue weighted by Crippen LogP contribution is -2.55. The average Bonchev–Trinajstić information content (AvgIpc) is 2.46. The number of rotatable bonds is 2. The van der Waals surface area contributed by atoms with E-state index in [1.54, 1.807) is 0 Å². The summed E-state index contributed by atoms with van der Waals surface area (Å²) < 4.78 is 0. The SMILES string of the molecule is O=C(O)[C@@H]1Cc2ccccc2CN1C1CCCCC1O. The summed E-state index contributed by atoms with van der Waals surface area (Å²) in [7, 11) is 0. The van der Waals surface area contributed by atoms with E-state index < -0.39 is 18.1 Å². The summed E-state index contributed by atoms with van der Waals surface area (Å²) in [5, 5.41) is 19.8. The second kappa shape index (κ2) is 5.54. The van der Waals surface area contributed by atoms with Crippen molar-refractivity contribution < 1.29 is 15.0 Å². The summed E-state index contributed by atoms with van der Waals surface area (Å²) in [5.41, 5.74) is 2.32. The van der Waals surface area contributed by atoms with Gasteiger partial charge >= 0.3 is 5.97 Å². The van der Waals surface area contributed by atoms with Crippen LogP contribution in [0.15, 0.2) is 24.3 Å². The minimum absolute atomic E-state index is 0.0155.